The topological polar surface area (TPSA) is 170 Å². The molecule has 1 aliphatic rings. The Balaban J connectivity index is 1.32. The average molecular weight is 694 g/mol. The number of para-hydroxylation sites is 1. The summed E-state index contributed by atoms with van der Waals surface area (Å²) in [6.07, 6.45) is 2.51. The van der Waals surface area contributed by atoms with Crippen molar-refractivity contribution in [2.75, 3.05) is 11.1 Å². The number of carbonyl (C=O) groups is 4. The zero-order valence-corrected chi connectivity index (χ0v) is 28.7. The van der Waals surface area contributed by atoms with Crippen LogP contribution >= 0.6 is 11.6 Å². The number of hydrogen-bond acceptors (Lipinski definition) is 8. The molecule has 0 saturated carbocycles. The molecule has 50 heavy (non-hydrogen) atoms. The molecular formula is C37H36ClN7O5. The lowest BCUT2D eigenvalue weighted by Crippen LogP contribution is -2.31. The number of fused-ring (bicyclic) bond motifs is 2. The first-order valence-electron chi connectivity index (χ1n) is 16.0. The van der Waals surface area contributed by atoms with E-state index < -0.39 is 29.3 Å². The van der Waals surface area contributed by atoms with E-state index in [1.54, 1.807) is 48.5 Å². The van der Waals surface area contributed by atoms with Crippen LogP contribution in [-0.4, -0.2) is 43.9 Å². The molecule has 0 aliphatic heterocycles. The lowest BCUT2D eigenvalue weighted by Gasteiger charge is -2.21. The molecule has 256 valence electrons. The predicted octanol–water partition coefficient (Wildman–Crippen LogP) is 5.83. The van der Waals surface area contributed by atoms with Gasteiger partial charge in [-0.2, -0.15) is 5.10 Å². The number of aromatic nitrogens is 3. The Morgan fingerprint density at radius 2 is 1.76 bits per heavy atom. The van der Waals surface area contributed by atoms with Crippen LogP contribution in [0.3, 0.4) is 0 Å². The van der Waals surface area contributed by atoms with Gasteiger partial charge in [-0.1, -0.05) is 41.9 Å². The van der Waals surface area contributed by atoms with Crippen molar-refractivity contribution in [2.45, 2.75) is 58.7 Å². The molecule has 0 radical (unpaired) electrons. The molecule has 1 atom stereocenters. The smallest absolute Gasteiger partial charge is 0.338 e. The Kier molecular flexibility index (Phi) is 9.31. The molecule has 2 aromatic heterocycles. The van der Waals surface area contributed by atoms with Gasteiger partial charge in [0.05, 0.1) is 28.5 Å². The number of carbonyl (C=O) groups excluding carboxylic acids is 4. The summed E-state index contributed by atoms with van der Waals surface area (Å²) in [6.45, 7) is 7.48. The number of benzene rings is 3. The van der Waals surface area contributed by atoms with Gasteiger partial charge in [-0.05, 0) is 93.1 Å². The van der Waals surface area contributed by atoms with Crippen LogP contribution in [0.15, 0.2) is 72.9 Å². The SMILES string of the molecule is Cc1c(C(=O)OC(C)(C)C)ccc2c1CC[C@@H]2NC(=O)c1cc(C(=O)NCc2cccc(N)c2)nc2c(C(=O)Nc3ccccc3Cl)cnn12. The quantitative estimate of drug-likeness (QED) is 0.116. The molecule has 0 bridgehead atoms. The zero-order chi connectivity index (χ0) is 35.7. The highest BCUT2D eigenvalue weighted by molar-refractivity contribution is 6.34. The lowest BCUT2D eigenvalue weighted by atomic mass is 9.97. The van der Waals surface area contributed by atoms with Crippen LogP contribution in [0.1, 0.15) is 97.2 Å². The second-order valence-corrected chi connectivity index (χ2v) is 13.5. The Hall–Kier alpha value is -5.75. The second-order valence-electron chi connectivity index (χ2n) is 13.1. The van der Waals surface area contributed by atoms with Crippen molar-refractivity contribution >= 4 is 52.3 Å². The third-order valence-corrected chi connectivity index (χ3v) is 8.65. The molecule has 5 N–H and O–H groups in total. The largest absolute Gasteiger partial charge is 0.456 e. The predicted molar refractivity (Wildman–Crippen MR) is 189 cm³/mol. The van der Waals surface area contributed by atoms with Gasteiger partial charge in [0.25, 0.3) is 17.7 Å². The summed E-state index contributed by atoms with van der Waals surface area (Å²) in [4.78, 5) is 58.2. The van der Waals surface area contributed by atoms with E-state index in [9.17, 15) is 19.2 Å². The fraction of sp³-hybridized carbons (Fsp3) is 0.243. The number of nitrogens with one attached hydrogen (secondary N) is 3. The number of rotatable bonds is 8. The van der Waals surface area contributed by atoms with Gasteiger partial charge in [0.2, 0.25) is 0 Å². The monoisotopic (exact) mass is 693 g/mol. The minimum atomic E-state index is -0.637. The highest BCUT2D eigenvalue weighted by Gasteiger charge is 2.31. The molecule has 0 saturated heterocycles. The van der Waals surface area contributed by atoms with Crippen molar-refractivity contribution in [1.29, 1.82) is 0 Å². The van der Waals surface area contributed by atoms with Gasteiger partial charge in [-0.3, -0.25) is 14.4 Å². The van der Waals surface area contributed by atoms with Crippen LogP contribution < -0.4 is 21.7 Å². The Labute approximate surface area is 293 Å². The third-order valence-electron chi connectivity index (χ3n) is 8.33. The first-order chi connectivity index (χ1) is 23.8. The standard InChI is InChI=1S/C37H36ClN7O5/c1-20-23-14-15-28(25(23)13-12-24(20)36(49)50-37(2,3)4)43-35(48)31-17-30(34(47)40-18-21-8-7-9-22(39)16-21)42-32-26(19-41-45(31)32)33(46)44-29-11-6-5-10-27(29)38/h5-13,16-17,19,28H,14-15,18,39H2,1-4H3,(H,40,47)(H,43,48)(H,44,46)/t28-/m0/s1. The highest BCUT2D eigenvalue weighted by atomic mass is 35.5. The fourth-order valence-corrected chi connectivity index (χ4v) is 6.13. The van der Waals surface area contributed by atoms with E-state index in [2.05, 4.69) is 26.0 Å². The van der Waals surface area contributed by atoms with Crippen molar-refractivity contribution in [3.05, 3.63) is 123 Å². The summed E-state index contributed by atoms with van der Waals surface area (Å²) in [5.41, 5.74) is 10.0. The number of ether oxygens (including phenoxy) is 1. The average Bonchev–Trinajstić information content (AvgIpc) is 3.68. The van der Waals surface area contributed by atoms with E-state index in [0.717, 1.165) is 22.3 Å². The number of amides is 3. The van der Waals surface area contributed by atoms with Gasteiger partial charge in [0.1, 0.15) is 22.6 Å². The Morgan fingerprint density at radius 1 is 0.980 bits per heavy atom. The number of esters is 1. The maximum Gasteiger partial charge on any atom is 0.338 e. The minimum Gasteiger partial charge on any atom is -0.456 e. The number of halogens is 1. The maximum atomic E-state index is 14.0. The lowest BCUT2D eigenvalue weighted by molar-refractivity contribution is 0.00682. The Bertz CT molecular complexity index is 2170. The van der Waals surface area contributed by atoms with Crippen LogP contribution in [0.2, 0.25) is 5.02 Å². The van der Waals surface area contributed by atoms with Gasteiger partial charge in [0.15, 0.2) is 5.65 Å². The molecule has 0 unspecified atom stereocenters. The van der Waals surface area contributed by atoms with Crippen LogP contribution in [0.4, 0.5) is 11.4 Å². The molecule has 3 aromatic carbocycles. The number of hydrogen-bond donors (Lipinski definition) is 4. The van der Waals surface area contributed by atoms with Crippen molar-refractivity contribution in [2.24, 2.45) is 0 Å². The number of nitrogen functional groups attached to an aromatic ring is 1. The summed E-state index contributed by atoms with van der Waals surface area (Å²) in [5, 5.41) is 13.3. The van der Waals surface area contributed by atoms with E-state index >= 15 is 0 Å². The molecule has 2 heterocycles. The molecule has 12 nitrogen and oxygen atoms in total. The first-order valence-corrected chi connectivity index (χ1v) is 16.4. The summed E-state index contributed by atoms with van der Waals surface area (Å²) in [6, 6.07) is 18.3. The number of nitrogens with two attached hydrogens (primary N) is 1. The molecule has 0 spiro atoms. The van der Waals surface area contributed by atoms with Gasteiger partial charge in [0, 0.05) is 18.3 Å². The molecule has 13 heteroatoms. The van der Waals surface area contributed by atoms with Crippen LogP contribution in [0, 0.1) is 6.92 Å². The van der Waals surface area contributed by atoms with Gasteiger partial charge in [-0.25, -0.2) is 14.3 Å². The van der Waals surface area contributed by atoms with Gasteiger partial charge < -0.3 is 26.4 Å². The second kappa shape index (κ2) is 13.6. The molecule has 0 fully saturated rings. The maximum absolute atomic E-state index is 14.0. The molecule has 5 aromatic rings. The molecular weight excluding hydrogens is 658 g/mol. The van der Waals surface area contributed by atoms with Crippen molar-refractivity contribution in [3.8, 4) is 0 Å². The van der Waals surface area contributed by atoms with E-state index in [1.807, 2.05) is 39.8 Å². The molecule has 1 aliphatic carbocycles. The Morgan fingerprint density at radius 3 is 2.50 bits per heavy atom. The number of anilines is 2. The summed E-state index contributed by atoms with van der Waals surface area (Å²) in [7, 11) is 0. The van der Waals surface area contributed by atoms with E-state index in [1.165, 1.54) is 16.8 Å². The van der Waals surface area contributed by atoms with Crippen LogP contribution in [-0.2, 0) is 17.7 Å². The summed E-state index contributed by atoms with van der Waals surface area (Å²) >= 11 is 6.26. The van der Waals surface area contributed by atoms with Crippen LogP contribution in [0.5, 0.6) is 0 Å². The van der Waals surface area contributed by atoms with Gasteiger partial charge >= 0.3 is 5.97 Å². The van der Waals surface area contributed by atoms with Gasteiger partial charge in [-0.15, -0.1) is 0 Å². The molecule has 3 amide bonds. The van der Waals surface area contributed by atoms with Crippen molar-refractivity contribution in [3.63, 3.8) is 0 Å². The van der Waals surface area contributed by atoms with Crippen molar-refractivity contribution in [1.82, 2.24) is 25.2 Å². The fourth-order valence-electron chi connectivity index (χ4n) is 5.95. The molecule has 6 rings (SSSR count). The summed E-state index contributed by atoms with van der Waals surface area (Å²) in [5.74, 6) is -2.08. The zero-order valence-electron chi connectivity index (χ0n) is 28.0. The minimum absolute atomic E-state index is 0.000906. The first kappa shape index (κ1) is 34.1. The van der Waals surface area contributed by atoms with E-state index in [-0.39, 0.29) is 35.2 Å². The van der Waals surface area contributed by atoms with Crippen molar-refractivity contribution < 1.29 is 23.9 Å². The van der Waals surface area contributed by atoms with Crippen LogP contribution in [0.25, 0.3) is 5.65 Å². The highest BCUT2D eigenvalue weighted by Crippen LogP contribution is 2.35. The number of nitrogens with zero attached hydrogens (tertiary/aromatic N) is 3. The van der Waals surface area contributed by atoms with E-state index in [0.29, 0.717) is 34.8 Å². The van der Waals surface area contributed by atoms with E-state index in [4.69, 9.17) is 22.1 Å². The third kappa shape index (κ3) is 7.15. The normalized spacial score (nSPS) is 13.8. The summed E-state index contributed by atoms with van der Waals surface area (Å²) < 4.78 is 6.83.